The van der Waals surface area contributed by atoms with Crippen LogP contribution in [0.15, 0.2) is 12.3 Å². The van der Waals surface area contributed by atoms with Crippen LogP contribution < -0.4 is 0 Å². The predicted octanol–water partition coefficient (Wildman–Crippen LogP) is 2.96. The van der Waals surface area contributed by atoms with Gasteiger partial charge in [-0.05, 0) is 24.5 Å². The molecule has 1 nitrogen and oxygen atoms in total. The summed E-state index contributed by atoms with van der Waals surface area (Å²) in [5.74, 6) is 0. The van der Waals surface area contributed by atoms with Gasteiger partial charge in [-0.15, -0.1) is 11.6 Å². The third kappa shape index (κ3) is 1.13. The fraction of sp³-hybridized carbons (Fsp3) is 0.375. The average molecular weight is 188 g/mol. The van der Waals surface area contributed by atoms with Gasteiger partial charge in [0.25, 0.3) is 0 Å². The Morgan fingerprint density at radius 2 is 2.36 bits per heavy atom. The van der Waals surface area contributed by atoms with Crippen molar-refractivity contribution in [3.63, 3.8) is 0 Å². The molecule has 0 spiro atoms. The molecule has 1 atom stereocenters. The summed E-state index contributed by atoms with van der Waals surface area (Å²) in [6.07, 6.45) is 3.64. The number of halogens is 2. The molecule has 1 aliphatic carbocycles. The maximum atomic E-state index is 5.99. The molecule has 0 radical (unpaired) electrons. The van der Waals surface area contributed by atoms with Crippen molar-refractivity contribution in [2.24, 2.45) is 0 Å². The molecular formula is C8H7Cl2N. The highest BCUT2D eigenvalue weighted by atomic mass is 35.5. The fourth-order valence-electron chi connectivity index (χ4n) is 1.41. The summed E-state index contributed by atoms with van der Waals surface area (Å²) < 4.78 is 0. The highest BCUT2D eigenvalue weighted by Gasteiger charge is 2.23. The van der Waals surface area contributed by atoms with Crippen molar-refractivity contribution in [3.05, 3.63) is 28.5 Å². The number of rotatable bonds is 0. The smallest absolute Gasteiger partial charge is 0.0763 e. The van der Waals surface area contributed by atoms with Crippen LogP contribution in [-0.2, 0) is 6.42 Å². The lowest BCUT2D eigenvalue weighted by Crippen LogP contribution is -1.88. The predicted molar refractivity (Wildman–Crippen MR) is 46.2 cm³/mol. The van der Waals surface area contributed by atoms with E-state index in [4.69, 9.17) is 23.2 Å². The molecular weight excluding hydrogens is 181 g/mol. The van der Waals surface area contributed by atoms with E-state index >= 15 is 0 Å². The fourth-order valence-corrected chi connectivity index (χ4v) is 1.95. The van der Waals surface area contributed by atoms with Gasteiger partial charge in [0.15, 0.2) is 0 Å². The standard InChI is InChI=1S/C8H7Cl2N/c9-6-3-4-11-8-5(6)1-2-7(8)10/h3-4,7H,1-2H2/t7-/m0/s1. The zero-order valence-electron chi connectivity index (χ0n) is 5.85. The first-order valence-corrected chi connectivity index (χ1v) is 4.38. The number of fused-ring (bicyclic) bond motifs is 1. The normalized spacial score (nSPS) is 21.8. The van der Waals surface area contributed by atoms with Gasteiger partial charge in [-0.2, -0.15) is 0 Å². The van der Waals surface area contributed by atoms with E-state index in [1.54, 1.807) is 6.20 Å². The summed E-state index contributed by atoms with van der Waals surface area (Å²) in [6, 6.07) is 1.81. The van der Waals surface area contributed by atoms with E-state index in [2.05, 4.69) is 4.98 Å². The van der Waals surface area contributed by atoms with E-state index in [0.29, 0.717) is 0 Å². The van der Waals surface area contributed by atoms with Crippen molar-refractivity contribution in [1.29, 1.82) is 0 Å². The first kappa shape index (κ1) is 7.38. The molecule has 0 saturated heterocycles. The monoisotopic (exact) mass is 187 g/mol. The van der Waals surface area contributed by atoms with Crippen LogP contribution in [0.4, 0.5) is 0 Å². The minimum absolute atomic E-state index is 0.0729. The van der Waals surface area contributed by atoms with Gasteiger partial charge in [0.05, 0.1) is 11.1 Å². The molecule has 1 aromatic heterocycles. The second-order valence-electron chi connectivity index (χ2n) is 2.66. The summed E-state index contributed by atoms with van der Waals surface area (Å²) in [4.78, 5) is 4.18. The van der Waals surface area contributed by atoms with Crippen molar-refractivity contribution in [1.82, 2.24) is 4.98 Å². The molecule has 3 heteroatoms. The number of pyridine rings is 1. The highest BCUT2D eigenvalue weighted by Crippen LogP contribution is 2.37. The van der Waals surface area contributed by atoms with Crippen LogP contribution in [0.5, 0.6) is 0 Å². The van der Waals surface area contributed by atoms with Gasteiger partial charge in [0.2, 0.25) is 0 Å². The lowest BCUT2D eigenvalue weighted by Gasteiger charge is -2.00. The Kier molecular flexibility index (Phi) is 1.78. The molecule has 0 fully saturated rings. The van der Waals surface area contributed by atoms with Gasteiger partial charge < -0.3 is 0 Å². The highest BCUT2D eigenvalue weighted by molar-refractivity contribution is 6.31. The number of aromatic nitrogens is 1. The van der Waals surface area contributed by atoms with Crippen molar-refractivity contribution in [3.8, 4) is 0 Å². The molecule has 11 heavy (non-hydrogen) atoms. The number of hydrogen-bond donors (Lipinski definition) is 0. The number of nitrogens with zero attached hydrogens (tertiary/aromatic N) is 1. The van der Waals surface area contributed by atoms with Crippen molar-refractivity contribution >= 4 is 23.2 Å². The Labute approximate surface area is 75.3 Å². The van der Waals surface area contributed by atoms with E-state index in [1.807, 2.05) is 6.07 Å². The van der Waals surface area contributed by atoms with Crippen LogP contribution in [0, 0.1) is 0 Å². The summed E-state index contributed by atoms with van der Waals surface area (Å²) in [7, 11) is 0. The van der Waals surface area contributed by atoms with Crippen molar-refractivity contribution in [2.75, 3.05) is 0 Å². The van der Waals surface area contributed by atoms with Crippen LogP contribution in [0.1, 0.15) is 23.1 Å². The number of hydrogen-bond acceptors (Lipinski definition) is 1. The average Bonchev–Trinajstić information content (AvgIpc) is 2.35. The molecule has 1 heterocycles. The first-order valence-electron chi connectivity index (χ1n) is 3.56. The minimum Gasteiger partial charge on any atom is -0.259 e. The summed E-state index contributed by atoms with van der Waals surface area (Å²) in [5, 5.41) is 0.877. The van der Waals surface area contributed by atoms with Gasteiger partial charge >= 0.3 is 0 Å². The zero-order chi connectivity index (χ0) is 7.84. The second-order valence-corrected chi connectivity index (χ2v) is 3.60. The minimum atomic E-state index is 0.0729. The Bertz CT molecular complexity index is 285. The maximum Gasteiger partial charge on any atom is 0.0763 e. The molecule has 0 aliphatic heterocycles. The molecule has 1 aromatic rings. The maximum absolute atomic E-state index is 5.99. The summed E-state index contributed by atoms with van der Waals surface area (Å²) in [5.41, 5.74) is 2.10. The lowest BCUT2D eigenvalue weighted by molar-refractivity contribution is 0.867. The summed E-state index contributed by atoms with van der Waals surface area (Å²) in [6.45, 7) is 0. The van der Waals surface area contributed by atoms with E-state index in [-0.39, 0.29) is 5.38 Å². The molecule has 0 saturated carbocycles. The Balaban J connectivity index is 2.57. The Hall–Kier alpha value is -0.270. The van der Waals surface area contributed by atoms with E-state index in [9.17, 15) is 0 Å². The van der Waals surface area contributed by atoms with Gasteiger partial charge in [0.1, 0.15) is 0 Å². The molecule has 0 aromatic carbocycles. The van der Waals surface area contributed by atoms with Crippen LogP contribution in [0.25, 0.3) is 0 Å². The van der Waals surface area contributed by atoms with Gasteiger partial charge in [0, 0.05) is 11.2 Å². The van der Waals surface area contributed by atoms with Gasteiger partial charge in [-0.3, -0.25) is 4.98 Å². The second kappa shape index (κ2) is 2.65. The molecule has 1 aliphatic rings. The largest absolute Gasteiger partial charge is 0.259 e. The first-order chi connectivity index (χ1) is 5.29. The third-order valence-corrected chi connectivity index (χ3v) is 2.76. The number of alkyl halides is 1. The molecule has 0 amide bonds. The van der Waals surface area contributed by atoms with Crippen LogP contribution in [-0.4, -0.2) is 4.98 Å². The molecule has 58 valence electrons. The van der Waals surface area contributed by atoms with Crippen LogP contribution in [0.3, 0.4) is 0 Å². The van der Waals surface area contributed by atoms with E-state index in [0.717, 1.165) is 29.1 Å². The summed E-state index contributed by atoms with van der Waals surface area (Å²) >= 11 is 11.9. The zero-order valence-corrected chi connectivity index (χ0v) is 7.36. The van der Waals surface area contributed by atoms with Crippen LogP contribution in [0.2, 0.25) is 5.02 Å². The molecule has 0 N–H and O–H groups in total. The molecule has 2 rings (SSSR count). The quantitative estimate of drug-likeness (QED) is 0.570. The van der Waals surface area contributed by atoms with E-state index in [1.165, 1.54) is 0 Å². The third-order valence-electron chi connectivity index (χ3n) is 1.98. The lowest BCUT2D eigenvalue weighted by atomic mass is 10.2. The van der Waals surface area contributed by atoms with E-state index < -0.39 is 0 Å². The van der Waals surface area contributed by atoms with Crippen LogP contribution >= 0.6 is 23.2 Å². The van der Waals surface area contributed by atoms with Gasteiger partial charge in [-0.25, -0.2) is 0 Å². The SMILES string of the molecule is Clc1ccnc2c1CC[C@@H]2Cl. The topological polar surface area (TPSA) is 12.9 Å². The Morgan fingerprint density at radius 3 is 3.09 bits per heavy atom. The van der Waals surface area contributed by atoms with Gasteiger partial charge in [-0.1, -0.05) is 11.6 Å². The molecule has 0 unspecified atom stereocenters. The van der Waals surface area contributed by atoms with Crippen molar-refractivity contribution < 1.29 is 0 Å². The van der Waals surface area contributed by atoms with Crippen molar-refractivity contribution in [2.45, 2.75) is 18.2 Å². The Morgan fingerprint density at radius 1 is 1.55 bits per heavy atom. The molecule has 0 bridgehead atoms.